The maximum Gasteiger partial charge on any atom is 0.339 e. The van der Waals surface area contributed by atoms with E-state index in [1.54, 1.807) is 18.2 Å². The molecule has 0 spiro atoms. The molecule has 2 rings (SSSR count). The van der Waals surface area contributed by atoms with Crippen LogP contribution in [-0.4, -0.2) is 11.1 Å². The predicted octanol–water partition coefficient (Wildman–Crippen LogP) is 2.84. The Hall–Kier alpha value is -1.26. The van der Waals surface area contributed by atoms with Gasteiger partial charge in [0.1, 0.15) is 10.6 Å². The molecule has 0 bridgehead atoms. The number of halogens is 1. The molecule has 1 aromatic heterocycles. The van der Waals surface area contributed by atoms with E-state index in [2.05, 4.69) is 0 Å². The first-order valence-electron chi connectivity index (χ1n) is 3.80. The third kappa shape index (κ3) is 1.32. The molecule has 3 N–H and O–H groups in total. The molecule has 0 aliphatic carbocycles. The van der Waals surface area contributed by atoms with Gasteiger partial charge in [0.25, 0.3) is 0 Å². The Balaban J connectivity index is 2.84. The number of nitrogens with two attached hydrogens (primary N) is 1. The van der Waals surface area contributed by atoms with Crippen LogP contribution in [0.5, 0.6) is 0 Å². The summed E-state index contributed by atoms with van der Waals surface area (Å²) in [6.07, 6.45) is 0. The van der Waals surface area contributed by atoms with Crippen molar-refractivity contribution < 1.29 is 9.90 Å². The predicted molar refractivity (Wildman–Crippen MR) is 58.2 cm³/mol. The van der Waals surface area contributed by atoms with E-state index in [0.29, 0.717) is 15.4 Å². The second-order valence-corrected chi connectivity index (χ2v) is 4.31. The fourth-order valence-electron chi connectivity index (χ4n) is 1.31. The summed E-state index contributed by atoms with van der Waals surface area (Å²) >= 11 is 7.01. The fraction of sp³-hybridized carbons (Fsp3) is 0. The molecule has 1 aromatic carbocycles. The first kappa shape index (κ1) is 9.30. The van der Waals surface area contributed by atoms with Crippen LogP contribution in [0.3, 0.4) is 0 Å². The summed E-state index contributed by atoms with van der Waals surface area (Å²) in [4.78, 5) is 10.9. The smallest absolute Gasteiger partial charge is 0.339 e. The van der Waals surface area contributed by atoms with E-state index in [4.69, 9.17) is 22.4 Å². The van der Waals surface area contributed by atoms with Gasteiger partial charge in [-0.3, -0.25) is 0 Å². The monoisotopic (exact) mass is 227 g/mol. The highest BCUT2D eigenvalue weighted by Crippen LogP contribution is 2.34. The number of fused-ring (bicyclic) bond motifs is 1. The van der Waals surface area contributed by atoms with Crippen molar-refractivity contribution in [1.82, 2.24) is 0 Å². The number of benzene rings is 1. The normalized spacial score (nSPS) is 10.6. The van der Waals surface area contributed by atoms with Crippen molar-refractivity contribution in [2.45, 2.75) is 0 Å². The number of anilines is 1. The topological polar surface area (TPSA) is 63.3 Å². The van der Waals surface area contributed by atoms with Crippen LogP contribution in [0.25, 0.3) is 10.1 Å². The van der Waals surface area contributed by atoms with Gasteiger partial charge in [-0.15, -0.1) is 11.3 Å². The molecule has 5 heteroatoms. The molecule has 0 saturated heterocycles. The van der Waals surface area contributed by atoms with E-state index in [9.17, 15) is 4.79 Å². The molecule has 0 fully saturated rings. The molecule has 0 aliphatic rings. The molecule has 0 unspecified atom stereocenters. The lowest BCUT2D eigenvalue weighted by Gasteiger charge is -1.93. The van der Waals surface area contributed by atoms with Crippen LogP contribution in [0, 0.1) is 0 Å². The van der Waals surface area contributed by atoms with E-state index < -0.39 is 5.97 Å². The summed E-state index contributed by atoms with van der Waals surface area (Å²) in [6.45, 7) is 0. The van der Waals surface area contributed by atoms with E-state index in [-0.39, 0.29) is 5.56 Å². The number of thiophene rings is 1. The summed E-state index contributed by atoms with van der Waals surface area (Å²) in [5, 5.41) is 10.5. The maximum absolute atomic E-state index is 10.9. The van der Waals surface area contributed by atoms with Crippen molar-refractivity contribution in [2.24, 2.45) is 0 Å². The van der Waals surface area contributed by atoms with Gasteiger partial charge in [-0.2, -0.15) is 0 Å². The zero-order valence-corrected chi connectivity index (χ0v) is 8.52. The summed E-state index contributed by atoms with van der Waals surface area (Å²) in [6, 6.07) is 5.04. The Labute approximate surface area is 88.7 Å². The van der Waals surface area contributed by atoms with Gasteiger partial charge in [-0.25, -0.2) is 4.79 Å². The number of hydrogen-bond acceptors (Lipinski definition) is 3. The Bertz CT molecular complexity index is 521. The van der Waals surface area contributed by atoms with Crippen molar-refractivity contribution in [2.75, 3.05) is 5.73 Å². The number of carbonyl (C=O) groups is 1. The van der Waals surface area contributed by atoms with Gasteiger partial charge in [0.05, 0.1) is 0 Å². The Morgan fingerprint density at radius 3 is 2.86 bits per heavy atom. The average molecular weight is 228 g/mol. The van der Waals surface area contributed by atoms with Crippen molar-refractivity contribution in [3.8, 4) is 0 Å². The summed E-state index contributed by atoms with van der Waals surface area (Å²) in [5.74, 6) is -1.00. The van der Waals surface area contributed by atoms with Crippen LogP contribution >= 0.6 is 22.9 Å². The molecule has 0 saturated carbocycles. The third-order valence-electron chi connectivity index (χ3n) is 1.89. The quantitative estimate of drug-likeness (QED) is 0.788. The van der Waals surface area contributed by atoms with E-state index in [1.807, 2.05) is 0 Å². The Morgan fingerprint density at radius 2 is 2.21 bits per heavy atom. The lowest BCUT2D eigenvalue weighted by Crippen LogP contribution is -1.98. The van der Waals surface area contributed by atoms with Crippen LogP contribution in [0.1, 0.15) is 10.4 Å². The molecule has 14 heavy (non-hydrogen) atoms. The molecular weight excluding hydrogens is 222 g/mol. The van der Waals surface area contributed by atoms with E-state index in [0.717, 1.165) is 4.70 Å². The second kappa shape index (κ2) is 3.15. The minimum atomic E-state index is -1.00. The zero-order chi connectivity index (χ0) is 10.3. The lowest BCUT2D eigenvalue weighted by molar-refractivity contribution is 0.0700. The molecule has 0 radical (unpaired) electrons. The minimum absolute atomic E-state index is 0.168. The third-order valence-corrected chi connectivity index (χ3v) is 3.11. The van der Waals surface area contributed by atoms with Crippen LogP contribution < -0.4 is 5.73 Å². The number of rotatable bonds is 1. The first-order chi connectivity index (χ1) is 6.59. The number of carboxylic acids is 1. The maximum atomic E-state index is 10.9. The van der Waals surface area contributed by atoms with Crippen LogP contribution in [0.15, 0.2) is 18.2 Å². The molecule has 0 amide bonds. The van der Waals surface area contributed by atoms with Gasteiger partial charge in [-0.05, 0) is 12.1 Å². The van der Waals surface area contributed by atoms with Crippen molar-refractivity contribution in [3.63, 3.8) is 0 Å². The molecule has 3 nitrogen and oxygen atoms in total. The summed E-state index contributed by atoms with van der Waals surface area (Å²) in [7, 11) is 0. The molecular formula is C9H6ClNO2S. The highest BCUT2D eigenvalue weighted by molar-refractivity contribution is 7.23. The van der Waals surface area contributed by atoms with Crippen LogP contribution in [0.4, 0.5) is 5.00 Å². The van der Waals surface area contributed by atoms with Crippen LogP contribution in [0.2, 0.25) is 5.02 Å². The summed E-state index contributed by atoms with van der Waals surface area (Å²) < 4.78 is 0.799. The van der Waals surface area contributed by atoms with Crippen molar-refractivity contribution in [3.05, 3.63) is 28.8 Å². The standard InChI is InChI=1S/C9H6ClNO2S/c10-4-1-2-5-6(3-4)14-8(11)7(5)9(12)13/h1-3H,11H2,(H,12,13). The number of nitrogen functional groups attached to an aromatic ring is 1. The van der Waals surface area contributed by atoms with Gasteiger partial charge < -0.3 is 10.8 Å². The SMILES string of the molecule is Nc1sc2cc(Cl)ccc2c1C(=O)O. The Kier molecular flexibility index (Phi) is 2.09. The molecule has 2 aromatic rings. The average Bonchev–Trinajstić information content (AvgIpc) is 2.39. The fourth-order valence-corrected chi connectivity index (χ4v) is 2.55. The second-order valence-electron chi connectivity index (χ2n) is 2.79. The molecule has 0 atom stereocenters. The zero-order valence-electron chi connectivity index (χ0n) is 6.95. The van der Waals surface area contributed by atoms with E-state index in [1.165, 1.54) is 11.3 Å². The molecule has 72 valence electrons. The van der Waals surface area contributed by atoms with Crippen molar-refractivity contribution >= 4 is 44.0 Å². The lowest BCUT2D eigenvalue weighted by atomic mass is 10.2. The van der Waals surface area contributed by atoms with E-state index >= 15 is 0 Å². The number of carboxylic acid groups (broad SMARTS) is 1. The van der Waals surface area contributed by atoms with Gasteiger partial charge in [0, 0.05) is 15.1 Å². The molecule has 0 aliphatic heterocycles. The highest BCUT2D eigenvalue weighted by atomic mass is 35.5. The number of aromatic carboxylic acids is 1. The van der Waals surface area contributed by atoms with Gasteiger partial charge in [-0.1, -0.05) is 17.7 Å². The Morgan fingerprint density at radius 1 is 1.50 bits per heavy atom. The minimum Gasteiger partial charge on any atom is -0.478 e. The van der Waals surface area contributed by atoms with Gasteiger partial charge in [0.2, 0.25) is 0 Å². The van der Waals surface area contributed by atoms with Crippen LogP contribution in [-0.2, 0) is 0 Å². The molecule has 1 heterocycles. The highest BCUT2D eigenvalue weighted by Gasteiger charge is 2.15. The largest absolute Gasteiger partial charge is 0.478 e. The summed E-state index contributed by atoms with van der Waals surface area (Å²) in [5.41, 5.74) is 5.77. The number of hydrogen-bond donors (Lipinski definition) is 2. The van der Waals surface area contributed by atoms with Crippen molar-refractivity contribution in [1.29, 1.82) is 0 Å². The first-order valence-corrected chi connectivity index (χ1v) is 5.00. The van der Waals surface area contributed by atoms with Gasteiger partial charge >= 0.3 is 5.97 Å². The van der Waals surface area contributed by atoms with Gasteiger partial charge in [0.15, 0.2) is 0 Å².